The van der Waals surface area contributed by atoms with E-state index in [1.54, 1.807) is 0 Å². The van der Waals surface area contributed by atoms with Crippen molar-refractivity contribution in [3.8, 4) is 0 Å². The standard InChI is InChI=1S/C41H84O6P2/c1-5-7-9-11-13-15-17-19-21-23-25-27-29-31-33-35-37-44-49(47-40-41(3,4)39-46-48(42)43)45-38-36-34-32-30-28-26-24-22-20-18-16-14-12-10-8-6-2/h42-43H,3-40H2,1-2H3. The Labute approximate surface area is 309 Å². The van der Waals surface area contributed by atoms with Crippen LogP contribution in [0.5, 0.6) is 0 Å². The topological polar surface area (TPSA) is 77.4 Å². The lowest BCUT2D eigenvalue weighted by Gasteiger charge is -2.26. The lowest BCUT2D eigenvalue weighted by molar-refractivity contribution is 0.103. The van der Waals surface area contributed by atoms with Gasteiger partial charge in [0.25, 0.3) is 0 Å². The first-order valence-corrected chi connectivity index (χ1v) is 23.4. The van der Waals surface area contributed by atoms with Gasteiger partial charge in [0.15, 0.2) is 0 Å². The Morgan fingerprint density at radius 1 is 0.367 bits per heavy atom. The molecule has 0 aromatic rings. The highest BCUT2D eigenvalue weighted by Crippen LogP contribution is 2.42. The molecule has 6 nitrogen and oxygen atoms in total. The average Bonchev–Trinajstić information content (AvgIpc) is 3.08. The van der Waals surface area contributed by atoms with Crippen LogP contribution in [0.25, 0.3) is 0 Å². The Balaban J connectivity index is 3.92. The fourth-order valence-electron chi connectivity index (χ4n) is 6.12. The van der Waals surface area contributed by atoms with Crippen molar-refractivity contribution in [3.63, 3.8) is 0 Å². The summed E-state index contributed by atoms with van der Waals surface area (Å²) in [5.74, 6) is 0. The fourth-order valence-corrected chi connectivity index (χ4v) is 7.66. The van der Waals surface area contributed by atoms with Gasteiger partial charge in [-0.3, -0.25) is 0 Å². The van der Waals surface area contributed by atoms with Crippen LogP contribution in [-0.4, -0.2) is 36.2 Å². The second-order valence-electron chi connectivity index (χ2n) is 14.8. The fraction of sp³-hybridized carbons (Fsp3) is 0.951. The molecule has 2 N–H and O–H groups in total. The molecule has 49 heavy (non-hydrogen) atoms. The van der Waals surface area contributed by atoms with Gasteiger partial charge in [0.1, 0.15) is 0 Å². The Morgan fingerprint density at radius 3 is 0.878 bits per heavy atom. The largest absolute Gasteiger partial charge is 0.332 e. The van der Waals surface area contributed by atoms with Crippen molar-refractivity contribution < 1.29 is 27.9 Å². The summed E-state index contributed by atoms with van der Waals surface area (Å²) in [5.41, 5.74) is -0.859. The van der Waals surface area contributed by atoms with Crippen molar-refractivity contribution in [1.29, 1.82) is 0 Å². The Kier molecular flexibility index (Phi) is 40.3. The van der Waals surface area contributed by atoms with Crippen molar-refractivity contribution in [2.45, 2.75) is 219 Å². The van der Waals surface area contributed by atoms with Crippen molar-refractivity contribution >= 4 is 17.2 Å². The predicted molar refractivity (Wildman–Crippen MR) is 214 cm³/mol. The zero-order valence-corrected chi connectivity index (χ0v) is 34.6. The molecular formula is C41H84O6P2. The SMILES string of the molecule is [CH2]C([CH2])(COP(O)O)COP(OCCCCCCCCCCCCCCCCCC)OCCCCCCCCCCCCCCCCCC. The van der Waals surface area contributed by atoms with Crippen molar-refractivity contribution in [2.24, 2.45) is 5.41 Å². The minimum atomic E-state index is -2.44. The van der Waals surface area contributed by atoms with Crippen LogP contribution in [-0.2, 0) is 18.1 Å². The van der Waals surface area contributed by atoms with E-state index in [4.69, 9.17) is 27.9 Å². The Morgan fingerprint density at radius 2 is 0.612 bits per heavy atom. The molecule has 0 rings (SSSR count). The van der Waals surface area contributed by atoms with Crippen molar-refractivity contribution in [2.75, 3.05) is 26.4 Å². The molecule has 0 atom stereocenters. The molecule has 0 saturated heterocycles. The van der Waals surface area contributed by atoms with Gasteiger partial charge in [-0.2, -0.15) is 0 Å². The summed E-state index contributed by atoms with van der Waals surface area (Å²) in [6, 6.07) is 0. The highest BCUT2D eigenvalue weighted by atomic mass is 31.2. The summed E-state index contributed by atoms with van der Waals surface area (Å²) in [7, 11) is -3.93. The van der Waals surface area contributed by atoms with Crippen LogP contribution in [0.3, 0.4) is 0 Å². The minimum absolute atomic E-state index is 0.00682. The van der Waals surface area contributed by atoms with Gasteiger partial charge in [0, 0.05) is 5.41 Å². The Bertz CT molecular complexity index is 587. The molecule has 8 heteroatoms. The molecule has 294 valence electrons. The summed E-state index contributed by atoms with van der Waals surface area (Å²) in [4.78, 5) is 18.2. The predicted octanol–water partition coefficient (Wildman–Crippen LogP) is 14.7. The lowest BCUT2D eigenvalue weighted by atomic mass is 9.97. The molecule has 0 bridgehead atoms. The smallest absolute Gasteiger partial charge is 0.328 e. The number of hydrogen-bond acceptors (Lipinski definition) is 6. The normalized spacial score (nSPS) is 12.2. The number of rotatable bonds is 42. The second-order valence-corrected chi connectivity index (χ2v) is 16.8. The van der Waals surface area contributed by atoms with E-state index in [9.17, 15) is 0 Å². The van der Waals surface area contributed by atoms with Gasteiger partial charge in [-0.15, -0.1) is 0 Å². The average molecular weight is 735 g/mol. The van der Waals surface area contributed by atoms with Crippen LogP contribution in [0.4, 0.5) is 0 Å². The van der Waals surface area contributed by atoms with Gasteiger partial charge in [-0.1, -0.05) is 206 Å². The quantitative estimate of drug-likeness (QED) is 0.0480. The van der Waals surface area contributed by atoms with Gasteiger partial charge in [0.2, 0.25) is 0 Å². The maximum Gasteiger partial charge on any atom is 0.332 e. The first-order chi connectivity index (χ1) is 23.9. The van der Waals surface area contributed by atoms with Crippen LogP contribution < -0.4 is 0 Å². The zero-order valence-electron chi connectivity index (χ0n) is 32.8. The molecule has 0 unspecified atom stereocenters. The first kappa shape index (κ1) is 49.6. The summed E-state index contributed by atoms with van der Waals surface area (Å²) < 4.78 is 23.0. The van der Waals surface area contributed by atoms with Crippen LogP contribution in [0.1, 0.15) is 219 Å². The minimum Gasteiger partial charge on any atom is -0.328 e. The molecule has 2 radical (unpaired) electrons. The van der Waals surface area contributed by atoms with E-state index in [1.807, 2.05) is 0 Å². The van der Waals surface area contributed by atoms with Gasteiger partial charge in [-0.25, -0.2) is 0 Å². The van der Waals surface area contributed by atoms with Gasteiger partial charge in [0.05, 0.1) is 26.4 Å². The molecule has 0 saturated carbocycles. The highest BCUT2D eigenvalue weighted by molar-refractivity contribution is 7.41. The molecule has 0 aliphatic heterocycles. The molecule has 0 amide bonds. The molecule has 0 aromatic heterocycles. The van der Waals surface area contributed by atoms with Crippen molar-refractivity contribution in [1.82, 2.24) is 0 Å². The molecule has 0 aromatic carbocycles. The molecule has 0 fully saturated rings. The lowest BCUT2D eigenvalue weighted by Crippen LogP contribution is -2.25. The summed E-state index contributed by atoms with van der Waals surface area (Å²) in [6.45, 7) is 14.0. The Hall–Kier alpha value is 0.620. The third-order valence-corrected chi connectivity index (χ3v) is 10.8. The maximum absolute atomic E-state index is 9.08. The maximum atomic E-state index is 9.08. The van der Waals surface area contributed by atoms with Crippen LogP contribution in [0.2, 0.25) is 0 Å². The van der Waals surface area contributed by atoms with Crippen molar-refractivity contribution in [3.05, 3.63) is 13.8 Å². The molecule has 0 spiro atoms. The van der Waals surface area contributed by atoms with Crippen LogP contribution in [0, 0.1) is 19.3 Å². The van der Waals surface area contributed by atoms with Crippen LogP contribution in [0.15, 0.2) is 0 Å². The molecule has 0 aliphatic carbocycles. The first-order valence-electron chi connectivity index (χ1n) is 21.1. The van der Waals surface area contributed by atoms with E-state index in [0.717, 1.165) is 12.8 Å². The van der Waals surface area contributed by atoms with E-state index >= 15 is 0 Å². The third kappa shape index (κ3) is 41.2. The van der Waals surface area contributed by atoms with Gasteiger partial charge >= 0.3 is 17.2 Å². The number of hydrogen-bond donors (Lipinski definition) is 2. The molecule has 0 aliphatic rings. The van der Waals surface area contributed by atoms with Crippen LogP contribution >= 0.6 is 17.2 Å². The van der Waals surface area contributed by atoms with Gasteiger partial charge in [-0.05, 0) is 26.7 Å². The van der Waals surface area contributed by atoms with E-state index < -0.39 is 22.6 Å². The molecule has 0 heterocycles. The monoisotopic (exact) mass is 735 g/mol. The molecular weight excluding hydrogens is 650 g/mol. The van der Waals surface area contributed by atoms with E-state index in [2.05, 4.69) is 27.7 Å². The number of unbranched alkanes of at least 4 members (excludes halogenated alkanes) is 30. The summed E-state index contributed by atoms with van der Waals surface area (Å²) in [6.07, 6.45) is 43.1. The third-order valence-electron chi connectivity index (χ3n) is 9.35. The zero-order chi connectivity index (χ0) is 35.9. The van der Waals surface area contributed by atoms with Gasteiger partial charge < -0.3 is 27.9 Å². The summed E-state index contributed by atoms with van der Waals surface area (Å²) in [5, 5.41) is 0. The van der Waals surface area contributed by atoms with E-state index in [1.165, 1.54) is 193 Å². The highest BCUT2D eigenvalue weighted by Gasteiger charge is 2.24. The second kappa shape index (κ2) is 39.8. The summed E-state index contributed by atoms with van der Waals surface area (Å²) >= 11 is 0. The van der Waals surface area contributed by atoms with E-state index in [0.29, 0.717) is 13.2 Å². The van der Waals surface area contributed by atoms with E-state index in [-0.39, 0.29) is 13.2 Å².